The highest BCUT2D eigenvalue weighted by Gasteiger charge is 2.41. The van der Waals surface area contributed by atoms with E-state index in [0.717, 1.165) is 53.9 Å². The molecule has 2 aliphatic rings. The predicted molar refractivity (Wildman–Crippen MR) is 109 cm³/mol. The second-order valence-electron chi connectivity index (χ2n) is 8.09. The summed E-state index contributed by atoms with van der Waals surface area (Å²) >= 11 is 6.52. The van der Waals surface area contributed by atoms with E-state index in [1.165, 1.54) is 0 Å². The Morgan fingerprint density at radius 2 is 2.04 bits per heavy atom. The number of carbonyl (C=O) groups is 1. The molecule has 2 atom stereocenters. The fourth-order valence-corrected chi connectivity index (χ4v) is 5.00. The maximum atomic E-state index is 11.6. The van der Waals surface area contributed by atoms with Gasteiger partial charge in [-0.2, -0.15) is 5.10 Å². The van der Waals surface area contributed by atoms with E-state index in [1.54, 1.807) is 17.8 Å². The van der Waals surface area contributed by atoms with E-state index in [0.29, 0.717) is 22.9 Å². The minimum absolute atomic E-state index is 0.188. The van der Waals surface area contributed by atoms with Crippen molar-refractivity contribution in [2.45, 2.75) is 25.8 Å². The zero-order chi connectivity index (χ0) is 19.4. The molecule has 0 bridgehead atoms. The summed E-state index contributed by atoms with van der Waals surface area (Å²) in [6.07, 6.45) is 7.63. The Bertz CT molecular complexity index is 1040. The van der Waals surface area contributed by atoms with Crippen LogP contribution in [0.15, 0.2) is 24.7 Å². The van der Waals surface area contributed by atoms with Crippen LogP contribution in [0, 0.1) is 11.8 Å². The third kappa shape index (κ3) is 2.94. The fourth-order valence-electron chi connectivity index (χ4n) is 4.79. The van der Waals surface area contributed by atoms with Gasteiger partial charge in [0.1, 0.15) is 5.65 Å². The van der Waals surface area contributed by atoms with Crippen LogP contribution in [-0.4, -0.2) is 49.7 Å². The summed E-state index contributed by atoms with van der Waals surface area (Å²) in [5.74, 6) is 1.34. The highest BCUT2D eigenvalue weighted by molar-refractivity contribution is 6.34. The number of amides is 1. The van der Waals surface area contributed by atoms with E-state index in [4.69, 9.17) is 11.6 Å². The molecule has 1 aliphatic heterocycles. The Hall–Kier alpha value is -2.54. The Kier molecular flexibility index (Phi) is 4.08. The van der Waals surface area contributed by atoms with Gasteiger partial charge in [-0.3, -0.25) is 9.48 Å². The number of anilines is 1. The van der Waals surface area contributed by atoms with Gasteiger partial charge in [-0.15, -0.1) is 0 Å². The average Bonchev–Trinajstić information content (AvgIpc) is 3.39. The first-order chi connectivity index (χ1) is 13.5. The maximum Gasteiger partial charge on any atom is 0.219 e. The number of rotatable bonds is 3. The van der Waals surface area contributed by atoms with Crippen molar-refractivity contribution in [2.75, 3.05) is 18.4 Å². The predicted octanol–water partition coefficient (Wildman–Crippen LogP) is 3.29. The van der Waals surface area contributed by atoms with Crippen LogP contribution < -0.4 is 5.32 Å². The highest BCUT2D eigenvalue weighted by atomic mass is 35.5. The van der Waals surface area contributed by atoms with E-state index in [1.807, 2.05) is 24.3 Å². The van der Waals surface area contributed by atoms with Crippen LogP contribution in [0.1, 0.15) is 19.8 Å². The number of hydrogen-bond donors (Lipinski definition) is 2. The van der Waals surface area contributed by atoms with Gasteiger partial charge in [0.25, 0.3) is 0 Å². The number of nitrogens with one attached hydrogen (secondary N) is 2. The lowest BCUT2D eigenvalue weighted by Crippen LogP contribution is -2.29. The van der Waals surface area contributed by atoms with Crippen LogP contribution in [0.5, 0.6) is 0 Å². The standard InChI is InChI=1S/C20H23ClN6O/c1-11(28)27-9-12-3-15(4-13(12)10-27)24-19-16-5-18(14-6-23-26(2)8-14)25-20(16)22-7-17(19)21/h5-8,12-13,15H,3-4,9-10H2,1-2H3,(H2,22,24,25). The first-order valence-electron chi connectivity index (χ1n) is 9.66. The van der Waals surface area contributed by atoms with Crippen LogP contribution in [0.25, 0.3) is 22.3 Å². The van der Waals surface area contributed by atoms with Crippen molar-refractivity contribution < 1.29 is 4.79 Å². The summed E-state index contributed by atoms with van der Waals surface area (Å²) in [5.41, 5.74) is 3.74. The van der Waals surface area contributed by atoms with Gasteiger partial charge in [0.05, 0.1) is 28.8 Å². The molecule has 2 N–H and O–H groups in total. The van der Waals surface area contributed by atoms with Crippen molar-refractivity contribution in [1.82, 2.24) is 24.6 Å². The lowest BCUT2D eigenvalue weighted by Gasteiger charge is -2.20. The van der Waals surface area contributed by atoms with Gasteiger partial charge in [0, 0.05) is 50.2 Å². The van der Waals surface area contributed by atoms with E-state index >= 15 is 0 Å². The Morgan fingerprint density at radius 3 is 2.68 bits per heavy atom. The van der Waals surface area contributed by atoms with Crippen LogP contribution in [-0.2, 0) is 11.8 Å². The first-order valence-corrected chi connectivity index (χ1v) is 10.0. The van der Waals surface area contributed by atoms with Crippen molar-refractivity contribution in [1.29, 1.82) is 0 Å². The average molecular weight is 399 g/mol. The largest absolute Gasteiger partial charge is 0.380 e. The number of aryl methyl sites for hydroxylation is 1. The number of aromatic amines is 1. The smallest absolute Gasteiger partial charge is 0.219 e. The summed E-state index contributed by atoms with van der Waals surface area (Å²) in [5, 5.41) is 9.55. The molecule has 1 saturated carbocycles. The topological polar surface area (TPSA) is 78.8 Å². The van der Waals surface area contributed by atoms with Crippen molar-refractivity contribution in [3.05, 3.63) is 29.7 Å². The number of nitrogens with zero attached hydrogens (tertiary/aromatic N) is 4. The van der Waals surface area contributed by atoms with Crippen molar-refractivity contribution >= 4 is 34.2 Å². The number of H-pyrrole nitrogens is 1. The van der Waals surface area contributed by atoms with E-state index in [9.17, 15) is 4.79 Å². The number of carbonyl (C=O) groups excluding carboxylic acids is 1. The number of likely N-dealkylation sites (tertiary alicyclic amines) is 1. The van der Waals surface area contributed by atoms with Gasteiger partial charge in [0.2, 0.25) is 5.91 Å². The molecule has 1 amide bonds. The Balaban J connectivity index is 1.40. The van der Waals surface area contributed by atoms with E-state index in [2.05, 4.69) is 26.4 Å². The van der Waals surface area contributed by atoms with E-state index in [-0.39, 0.29) is 5.91 Å². The van der Waals surface area contributed by atoms with Gasteiger partial charge in [-0.25, -0.2) is 4.98 Å². The van der Waals surface area contributed by atoms with Crippen LogP contribution >= 0.6 is 11.6 Å². The number of fused-ring (bicyclic) bond motifs is 2. The van der Waals surface area contributed by atoms with Gasteiger partial charge < -0.3 is 15.2 Å². The van der Waals surface area contributed by atoms with Gasteiger partial charge in [-0.05, 0) is 30.7 Å². The molecule has 7 nitrogen and oxygen atoms in total. The van der Waals surface area contributed by atoms with Crippen LogP contribution in [0.2, 0.25) is 5.02 Å². The molecule has 8 heteroatoms. The summed E-state index contributed by atoms with van der Waals surface area (Å²) in [4.78, 5) is 21.4. The summed E-state index contributed by atoms with van der Waals surface area (Å²) in [6, 6.07) is 2.45. The molecule has 0 aromatic carbocycles. The third-order valence-corrected chi connectivity index (χ3v) is 6.46. The second kappa shape index (κ2) is 6.51. The van der Waals surface area contributed by atoms with Crippen LogP contribution in [0.3, 0.4) is 0 Å². The monoisotopic (exact) mass is 398 g/mol. The number of hydrogen-bond acceptors (Lipinski definition) is 4. The Labute approximate surface area is 168 Å². The minimum Gasteiger partial charge on any atom is -0.380 e. The molecule has 5 rings (SSSR count). The summed E-state index contributed by atoms with van der Waals surface area (Å²) in [6.45, 7) is 3.43. The molecule has 0 radical (unpaired) electrons. The minimum atomic E-state index is 0.188. The summed E-state index contributed by atoms with van der Waals surface area (Å²) < 4.78 is 1.78. The molecule has 28 heavy (non-hydrogen) atoms. The SMILES string of the molecule is CC(=O)N1CC2CC(Nc3c(Cl)cnc4[nH]c(-c5cnn(C)c5)cc34)CC2C1. The van der Waals surface area contributed by atoms with Gasteiger partial charge in [0.15, 0.2) is 0 Å². The lowest BCUT2D eigenvalue weighted by atomic mass is 10.0. The number of halogens is 1. The number of aromatic nitrogens is 4. The molecule has 146 valence electrons. The Morgan fingerprint density at radius 1 is 1.29 bits per heavy atom. The van der Waals surface area contributed by atoms with Crippen molar-refractivity contribution in [2.24, 2.45) is 18.9 Å². The molecular formula is C20H23ClN6O. The fraction of sp³-hybridized carbons (Fsp3) is 0.450. The number of pyridine rings is 1. The van der Waals surface area contributed by atoms with E-state index < -0.39 is 0 Å². The zero-order valence-corrected chi connectivity index (χ0v) is 16.7. The molecular weight excluding hydrogens is 376 g/mol. The third-order valence-electron chi connectivity index (χ3n) is 6.17. The molecule has 2 unspecified atom stereocenters. The molecule has 1 aliphatic carbocycles. The molecule has 3 aromatic heterocycles. The molecule has 4 heterocycles. The van der Waals surface area contributed by atoms with Crippen molar-refractivity contribution in [3.8, 4) is 11.3 Å². The first kappa shape index (κ1) is 17.6. The second-order valence-corrected chi connectivity index (χ2v) is 8.49. The highest BCUT2D eigenvalue weighted by Crippen LogP contribution is 2.41. The van der Waals surface area contributed by atoms with Crippen molar-refractivity contribution in [3.63, 3.8) is 0 Å². The quantitative estimate of drug-likeness (QED) is 0.709. The lowest BCUT2D eigenvalue weighted by molar-refractivity contribution is -0.128. The molecule has 0 spiro atoms. The molecule has 1 saturated heterocycles. The van der Waals surface area contributed by atoms with Gasteiger partial charge >= 0.3 is 0 Å². The van der Waals surface area contributed by atoms with Gasteiger partial charge in [-0.1, -0.05) is 11.6 Å². The molecule has 2 fully saturated rings. The zero-order valence-electron chi connectivity index (χ0n) is 15.9. The maximum absolute atomic E-state index is 11.6. The molecule has 3 aromatic rings. The normalized spacial score (nSPS) is 24.1. The summed E-state index contributed by atoms with van der Waals surface area (Å²) in [7, 11) is 1.90. The van der Waals surface area contributed by atoms with Crippen LogP contribution in [0.4, 0.5) is 5.69 Å².